The van der Waals surface area contributed by atoms with Crippen molar-refractivity contribution in [2.45, 2.75) is 0 Å². The summed E-state index contributed by atoms with van der Waals surface area (Å²) in [5, 5.41) is 17.4. The highest BCUT2D eigenvalue weighted by atomic mass is 16.5. The quantitative estimate of drug-likeness (QED) is 0.455. The van der Waals surface area contributed by atoms with Crippen LogP contribution in [-0.4, -0.2) is 48.1 Å². The highest BCUT2D eigenvalue weighted by molar-refractivity contribution is 5.92. The van der Waals surface area contributed by atoms with Crippen LogP contribution >= 0.6 is 0 Å². The molecule has 2 amide bonds. The van der Waals surface area contributed by atoms with Gasteiger partial charge in [-0.25, -0.2) is 5.48 Å². The van der Waals surface area contributed by atoms with Gasteiger partial charge in [-0.05, 0) is 53.6 Å². The number of benzene rings is 2. The molecule has 0 aromatic heterocycles. The number of anilines is 1. The SMILES string of the molecule is N#Cc1ccc(N2CCN(C(=O)C=Cc3cccc(C=CC(=O)NO)c3)CC2)cc1. The normalized spacial score (nSPS) is 14.1. The van der Waals surface area contributed by atoms with Gasteiger partial charge in [-0.1, -0.05) is 18.2 Å². The molecule has 2 N–H and O–H groups in total. The fraction of sp³-hybridized carbons (Fsp3) is 0.174. The molecule has 7 nitrogen and oxygen atoms in total. The van der Waals surface area contributed by atoms with Crippen LogP contribution in [0.2, 0.25) is 0 Å². The molecule has 3 rings (SSSR count). The minimum Gasteiger partial charge on any atom is -0.368 e. The molecule has 1 aliphatic rings. The van der Waals surface area contributed by atoms with Gasteiger partial charge in [0.25, 0.3) is 5.91 Å². The Balaban J connectivity index is 1.55. The van der Waals surface area contributed by atoms with Crippen LogP contribution in [0.5, 0.6) is 0 Å². The minimum absolute atomic E-state index is 0.0462. The van der Waals surface area contributed by atoms with Crippen LogP contribution in [0.1, 0.15) is 16.7 Å². The zero-order valence-corrected chi connectivity index (χ0v) is 16.4. The van der Waals surface area contributed by atoms with Crippen molar-refractivity contribution in [3.05, 3.63) is 77.4 Å². The second kappa shape index (κ2) is 10.0. The number of nitrogens with one attached hydrogen (secondary N) is 1. The van der Waals surface area contributed by atoms with E-state index in [1.165, 1.54) is 11.6 Å². The van der Waals surface area contributed by atoms with Crippen molar-refractivity contribution in [1.82, 2.24) is 10.4 Å². The number of amides is 2. The molecule has 1 fully saturated rings. The summed E-state index contributed by atoms with van der Waals surface area (Å²) in [6.45, 7) is 2.72. The number of hydrogen-bond donors (Lipinski definition) is 2. The van der Waals surface area contributed by atoms with E-state index in [1.807, 2.05) is 41.3 Å². The first-order chi connectivity index (χ1) is 14.6. The molecule has 0 unspecified atom stereocenters. The molecule has 2 aromatic carbocycles. The van der Waals surface area contributed by atoms with Crippen molar-refractivity contribution in [2.24, 2.45) is 0 Å². The molecular formula is C23H22N4O3. The van der Waals surface area contributed by atoms with Gasteiger partial charge in [0.05, 0.1) is 11.6 Å². The van der Waals surface area contributed by atoms with Gasteiger partial charge >= 0.3 is 0 Å². The molecule has 0 aliphatic carbocycles. The predicted octanol–water partition coefficient (Wildman–Crippen LogP) is 2.44. The van der Waals surface area contributed by atoms with Crippen molar-refractivity contribution < 1.29 is 14.8 Å². The molecule has 152 valence electrons. The van der Waals surface area contributed by atoms with Crippen LogP contribution in [0.3, 0.4) is 0 Å². The van der Waals surface area contributed by atoms with Crippen LogP contribution in [-0.2, 0) is 9.59 Å². The number of nitriles is 1. The second-order valence-electron chi connectivity index (χ2n) is 6.78. The fourth-order valence-corrected chi connectivity index (χ4v) is 3.18. The number of nitrogens with zero attached hydrogens (tertiary/aromatic N) is 3. The van der Waals surface area contributed by atoms with E-state index < -0.39 is 5.91 Å². The van der Waals surface area contributed by atoms with Gasteiger partial charge in [0.2, 0.25) is 5.91 Å². The molecule has 0 atom stereocenters. The zero-order chi connectivity index (χ0) is 21.3. The molecule has 1 saturated heterocycles. The van der Waals surface area contributed by atoms with Gasteiger partial charge in [0.15, 0.2) is 0 Å². The van der Waals surface area contributed by atoms with E-state index in [2.05, 4.69) is 11.0 Å². The summed E-state index contributed by atoms with van der Waals surface area (Å²) in [7, 11) is 0. The van der Waals surface area contributed by atoms with E-state index in [4.69, 9.17) is 10.5 Å². The lowest BCUT2D eigenvalue weighted by atomic mass is 10.1. The summed E-state index contributed by atoms with van der Waals surface area (Å²) in [6, 6.07) is 16.9. The topological polar surface area (TPSA) is 96.7 Å². The van der Waals surface area contributed by atoms with E-state index >= 15 is 0 Å². The van der Waals surface area contributed by atoms with Crippen LogP contribution in [0.4, 0.5) is 5.69 Å². The molecule has 0 spiro atoms. The third kappa shape index (κ3) is 5.56. The van der Waals surface area contributed by atoms with E-state index in [1.54, 1.807) is 30.4 Å². The Morgan fingerprint density at radius 1 is 0.967 bits per heavy atom. The molecule has 2 aromatic rings. The zero-order valence-electron chi connectivity index (χ0n) is 16.4. The summed E-state index contributed by atoms with van der Waals surface area (Å²) in [5.74, 6) is -0.652. The number of carbonyl (C=O) groups is 2. The molecule has 7 heteroatoms. The van der Waals surface area contributed by atoms with Crippen LogP contribution in [0, 0.1) is 11.3 Å². The summed E-state index contributed by atoms with van der Waals surface area (Å²) < 4.78 is 0. The molecule has 30 heavy (non-hydrogen) atoms. The van der Waals surface area contributed by atoms with Gasteiger partial charge < -0.3 is 9.80 Å². The summed E-state index contributed by atoms with van der Waals surface area (Å²) >= 11 is 0. The highest BCUT2D eigenvalue weighted by Gasteiger charge is 2.19. The number of hydrogen-bond acceptors (Lipinski definition) is 5. The first-order valence-electron chi connectivity index (χ1n) is 9.53. The van der Waals surface area contributed by atoms with Crippen molar-refractivity contribution in [1.29, 1.82) is 5.26 Å². The average Bonchev–Trinajstić information content (AvgIpc) is 2.81. The Kier molecular flexibility index (Phi) is 6.98. The Hall–Kier alpha value is -3.89. The monoisotopic (exact) mass is 402 g/mol. The van der Waals surface area contributed by atoms with Crippen molar-refractivity contribution in [3.63, 3.8) is 0 Å². The Labute approximate surface area is 175 Å². The number of hydroxylamine groups is 1. The lowest BCUT2D eigenvalue weighted by molar-refractivity contribution is -0.126. The molecule has 0 saturated carbocycles. The smallest absolute Gasteiger partial charge is 0.267 e. The molecule has 1 heterocycles. The Bertz CT molecular complexity index is 998. The third-order valence-corrected chi connectivity index (χ3v) is 4.82. The van der Waals surface area contributed by atoms with E-state index in [-0.39, 0.29) is 5.91 Å². The number of rotatable bonds is 5. The third-order valence-electron chi connectivity index (χ3n) is 4.82. The Morgan fingerprint density at radius 2 is 1.60 bits per heavy atom. The highest BCUT2D eigenvalue weighted by Crippen LogP contribution is 2.17. The maximum atomic E-state index is 12.5. The first kappa shape index (κ1) is 20.8. The van der Waals surface area contributed by atoms with E-state index in [0.29, 0.717) is 18.7 Å². The minimum atomic E-state index is -0.605. The van der Waals surface area contributed by atoms with Gasteiger partial charge in [0.1, 0.15) is 0 Å². The summed E-state index contributed by atoms with van der Waals surface area (Å²) in [5.41, 5.74) is 4.84. The van der Waals surface area contributed by atoms with Crippen molar-refractivity contribution in [3.8, 4) is 6.07 Å². The van der Waals surface area contributed by atoms with Gasteiger partial charge in [0, 0.05) is 44.0 Å². The lowest BCUT2D eigenvalue weighted by Crippen LogP contribution is -2.48. The van der Waals surface area contributed by atoms with Crippen LogP contribution in [0.15, 0.2) is 60.7 Å². The summed E-state index contributed by atoms with van der Waals surface area (Å²) in [6.07, 6.45) is 6.10. The van der Waals surface area contributed by atoms with Gasteiger partial charge in [-0.2, -0.15) is 5.26 Å². The van der Waals surface area contributed by atoms with Crippen molar-refractivity contribution in [2.75, 3.05) is 31.1 Å². The van der Waals surface area contributed by atoms with E-state index in [0.717, 1.165) is 29.9 Å². The largest absolute Gasteiger partial charge is 0.368 e. The maximum absolute atomic E-state index is 12.5. The number of piperazine rings is 1. The molecular weight excluding hydrogens is 380 g/mol. The van der Waals surface area contributed by atoms with Crippen LogP contribution < -0.4 is 10.4 Å². The maximum Gasteiger partial charge on any atom is 0.267 e. The molecule has 0 bridgehead atoms. The van der Waals surface area contributed by atoms with Crippen molar-refractivity contribution >= 4 is 29.7 Å². The Morgan fingerprint density at radius 3 is 2.20 bits per heavy atom. The summed E-state index contributed by atoms with van der Waals surface area (Å²) in [4.78, 5) is 27.6. The second-order valence-corrected chi connectivity index (χ2v) is 6.78. The predicted molar refractivity (Wildman–Crippen MR) is 114 cm³/mol. The van der Waals surface area contributed by atoms with Gasteiger partial charge in [-0.15, -0.1) is 0 Å². The average molecular weight is 402 g/mol. The first-order valence-corrected chi connectivity index (χ1v) is 9.53. The fourth-order valence-electron chi connectivity index (χ4n) is 3.18. The standard InChI is InChI=1S/C23H22N4O3/c24-17-20-4-8-21(9-5-20)26-12-14-27(15-13-26)23(29)11-7-19-3-1-2-18(16-19)6-10-22(28)25-30/h1-11,16,30H,12-15H2,(H,25,28). The molecule has 1 aliphatic heterocycles. The van der Waals surface area contributed by atoms with Gasteiger partial charge in [-0.3, -0.25) is 14.8 Å². The molecule has 0 radical (unpaired) electrons. The van der Waals surface area contributed by atoms with E-state index in [9.17, 15) is 9.59 Å². The van der Waals surface area contributed by atoms with Crippen LogP contribution in [0.25, 0.3) is 12.2 Å². The number of carbonyl (C=O) groups excluding carboxylic acids is 2. The lowest BCUT2D eigenvalue weighted by Gasteiger charge is -2.35.